The number of hydrogen-bond acceptors (Lipinski definition) is 4. The van der Waals surface area contributed by atoms with E-state index < -0.39 is 40.8 Å². The van der Waals surface area contributed by atoms with Crippen LogP contribution < -0.4 is 14.4 Å². The van der Waals surface area contributed by atoms with Gasteiger partial charge >= 0.3 is 12.2 Å². The number of imide groups is 1. The third-order valence-corrected chi connectivity index (χ3v) is 7.60. The third kappa shape index (κ3) is 3.22. The molecule has 7 nitrogen and oxygen atoms in total. The molecule has 2 atom stereocenters. The quantitative estimate of drug-likeness (QED) is 0.315. The Morgan fingerprint density at radius 2 is 1.76 bits per heavy atom. The second kappa shape index (κ2) is 7.91. The summed E-state index contributed by atoms with van der Waals surface area (Å²) in [6, 6.07) is 13.6. The lowest BCUT2D eigenvalue weighted by Gasteiger charge is -2.36. The van der Waals surface area contributed by atoms with Gasteiger partial charge < -0.3 is 14.5 Å². The molecule has 1 fully saturated rings. The summed E-state index contributed by atoms with van der Waals surface area (Å²) in [6.07, 6.45) is -4.54. The van der Waals surface area contributed by atoms with Crippen LogP contribution in [-0.2, 0) is 17.4 Å². The van der Waals surface area contributed by atoms with Gasteiger partial charge in [-0.25, -0.2) is 9.69 Å². The van der Waals surface area contributed by atoms with Crippen molar-refractivity contribution in [2.45, 2.75) is 24.7 Å². The summed E-state index contributed by atoms with van der Waals surface area (Å²) in [5, 5.41) is 0.398. The van der Waals surface area contributed by atoms with E-state index in [9.17, 15) is 22.8 Å². The minimum atomic E-state index is -4.75. The molecule has 192 valence electrons. The molecule has 3 aliphatic heterocycles. The zero-order valence-electron chi connectivity index (χ0n) is 19.4. The number of amides is 3. The highest BCUT2D eigenvalue weighted by atomic mass is 35.5. The summed E-state index contributed by atoms with van der Waals surface area (Å²) in [5.41, 5.74) is 1.82. The molecule has 0 unspecified atom stereocenters. The normalized spacial score (nSPS) is 20.3. The molecule has 1 saturated heterocycles. The smallest absolute Gasteiger partial charge is 0.417 e. The van der Waals surface area contributed by atoms with E-state index in [1.807, 2.05) is 24.3 Å². The number of nitrogens with one attached hydrogen (secondary N) is 1. The van der Waals surface area contributed by atoms with Crippen molar-refractivity contribution < 1.29 is 32.2 Å². The van der Waals surface area contributed by atoms with E-state index in [2.05, 4.69) is 4.98 Å². The summed E-state index contributed by atoms with van der Waals surface area (Å²) in [7, 11) is 0. The van der Waals surface area contributed by atoms with Crippen molar-refractivity contribution in [3.63, 3.8) is 0 Å². The monoisotopic (exact) mass is 539 g/mol. The van der Waals surface area contributed by atoms with Gasteiger partial charge in [0.1, 0.15) is 12.1 Å². The molecule has 11 heteroatoms. The second-order valence-corrected chi connectivity index (χ2v) is 9.73. The van der Waals surface area contributed by atoms with Crippen LogP contribution in [0.15, 0.2) is 60.7 Å². The lowest BCUT2D eigenvalue weighted by atomic mass is 9.88. The molecule has 0 aliphatic carbocycles. The van der Waals surface area contributed by atoms with Crippen molar-refractivity contribution in [1.82, 2.24) is 9.88 Å². The number of nitrogens with zero attached hydrogens (tertiary/aromatic N) is 2. The Morgan fingerprint density at radius 1 is 0.974 bits per heavy atom. The van der Waals surface area contributed by atoms with Crippen molar-refractivity contribution in [3.05, 3.63) is 88.1 Å². The number of carbonyl (C=O) groups excluding carboxylic acids is 2. The average molecular weight is 540 g/mol. The first-order valence-corrected chi connectivity index (χ1v) is 12.1. The van der Waals surface area contributed by atoms with Gasteiger partial charge in [0, 0.05) is 23.0 Å². The van der Waals surface area contributed by atoms with E-state index in [0.29, 0.717) is 17.1 Å². The predicted octanol–water partition coefficient (Wildman–Crippen LogP) is 6.05. The maximum absolute atomic E-state index is 13.9. The highest BCUT2D eigenvalue weighted by Crippen LogP contribution is 2.47. The van der Waals surface area contributed by atoms with Gasteiger partial charge in [-0.15, -0.1) is 0 Å². The van der Waals surface area contributed by atoms with E-state index in [4.69, 9.17) is 21.1 Å². The number of carbonyl (C=O) groups is 2. The minimum Gasteiger partial charge on any atom is -0.454 e. The maximum Gasteiger partial charge on any atom is 0.417 e. The number of hydrogen-bond donors (Lipinski definition) is 1. The van der Waals surface area contributed by atoms with Crippen molar-refractivity contribution in [2.24, 2.45) is 0 Å². The molecular weight excluding hydrogens is 523 g/mol. The van der Waals surface area contributed by atoms with Crippen molar-refractivity contribution in [1.29, 1.82) is 0 Å². The van der Waals surface area contributed by atoms with Crippen LogP contribution in [0, 0.1) is 0 Å². The molecule has 1 N–H and O–H groups in total. The topological polar surface area (TPSA) is 74.9 Å². The molecule has 0 saturated carbocycles. The number of aromatic nitrogens is 1. The van der Waals surface area contributed by atoms with Crippen molar-refractivity contribution >= 4 is 40.1 Å². The Bertz CT molecular complexity index is 1670. The molecule has 3 amide bonds. The zero-order chi connectivity index (χ0) is 26.3. The number of alkyl halides is 3. The Morgan fingerprint density at radius 3 is 2.58 bits per heavy atom. The number of para-hydroxylation sites is 1. The fourth-order valence-corrected chi connectivity index (χ4v) is 5.84. The molecule has 0 bridgehead atoms. The van der Waals surface area contributed by atoms with E-state index in [0.717, 1.165) is 39.2 Å². The summed E-state index contributed by atoms with van der Waals surface area (Å²) in [6.45, 7) is 0.0662. The standard InChI is InChI=1S/C27H17ClF3N3O4/c28-18-7-6-14(10-17(18)27(29,30)31)33-25(35)20-11-16-15-3-1-2-4-19(15)32-23(16)24(34(20)26(33)36)13-5-8-21-22(9-13)38-12-37-21/h1-10,20,24,32H,11-12H2/t20-,24+/m0/s1. The SMILES string of the molecule is O=C1[C@@H]2Cc3c([nH]c4ccccc34)[C@@H](c3ccc4c(c3)OCO4)N2C(=O)N1c1ccc(Cl)c(C(F)(F)F)c1. The molecule has 0 radical (unpaired) electrons. The first-order chi connectivity index (χ1) is 18.2. The molecule has 3 aliphatic rings. The molecule has 0 spiro atoms. The number of anilines is 1. The number of benzene rings is 3. The van der Waals surface area contributed by atoms with E-state index in [1.54, 1.807) is 18.2 Å². The molecule has 4 aromatic rings. The number of urea groups is 1. The van der Waals surface area contributed by atoms with Gasteiger partial charge in [-0.05, 0) is 47.5 Å². The lowest BCUT2D eigenvalue weighted by Crippen LogP contribution is -2.44. The van der Waals surface area contributed by atoms with Crippen LogP contribution in [0.4, 0.5) is 23.7 Å². The zero-order valence-corrected chi connectivity index (χ0v) is 20.1. The van der Waals surface area contributed by atoms with Crippen LogP contribution >= 0.6 is 11.6 Å². The Balaban J connectivity index is 1.39. The van der Waals surface area contributed by atoms with Gasteiger partial charge in [-0.3, -0.25) is 9.69 Å². The fraction of sp³-hybridized carbons (Fsp3) is 0.185. The van der Waals surface area contributed by atoms with Gasteiger partial charge in [-0.1, -0.05) is 35.9 Å². The van der Waals surface area contributed by atoms with Crippen LogP contribution in [0.25, 0.3) is 10.9 Å². The van der Waals surface area contributed by atoms with E-state index >= 15 is 0 Å². The molecular formula is C27H17ClF3N3O4. The van der Waals surface area contributed by atoms with Crippen molar-refractivity contribution in [2.75, 3.05) is 11.7 Å². The third-order valence-electron chi connectivity index (χ3n) is 7.28. The van der Waals surface area contributed by atoms with Crippen LogP contribution in [-0.4, -0.2) is 34.7 Å². The minimum absolute atomic E-state index is 0.0662. The summed E-state index contributed by atoms with van der Waals surface area (Å²) >= 11 is 5.79. The number of H-pyrrole nitrogens is 1. The highest BCUT2D eigenvalue weighted by Gasteiger charge is 2.53. The van der Waals surface area contributed by atoms with Gasteiger partial charge in [0.25, 0.3) is 5.91 Å². The Kier molecular flexibility index (Phi) is 4.78. The summed E-state index contributed by atoms with van der Waals surface area (Å²) < 4.78 is 51.7. The molecule has 38 heavy (non-hydrogen) atoms. The second-order valence-electron chi connectivity index (χ2n) is 9.32. The maximum atomic E-state index is 13.9. The predicted molar refractivity (Wildman–Crippen MR) is 131 cm³/mol. The van der Waals surface area contributed by atoms with Gasteiger partial charge in [0.05, 0.1) is 16.3 Å². The Hall–Kier alpha value is -4.18. The average Bonchev–Trinajstić information content (AvgIpc) is 3.57. The van der Waals surface area contributed by atoms with Gasteiger partial charge in [0.2, 0.25) is 6.79 Å². The summed E-state index contributed by atoms with van der Waals surface area (Å²) in [5.74, 6) is 0.459. The fourth-order valence-electron chi connectivity index (χ4n) is 5.61. The van der Waals surface area contributed by atoms with E-state index in [-0.39, 0.29) is 18.9 Å². The number of fused-ring (bicyclic) bond motifs is 5. The van der Waals surface area contributed by atoms with Gasteiger partial charge in [-0.2, -0.15) is 13.2 Å². The Labute approximate surface area is 218 Å². The lowest BCUT2D eigenvalue weighted by molar-refractivity contribution is -0.137. The molecule has 1 aromatic heterocycles. The highest BCUT2D eigenvalue weighted by molar-refractivity contribution is 6.31. The number of rotatable bonds is 2. The van der Waals surface area contributed by atoms with E-state index in [1.165, 1.54) is 11.0 Å². The number of ether oxygens (including phenoxy) is 2. The van der Waals surface area contributed by atoms with Crippen LogP contribution in [0.3, 0.4) is 0 Å². The summed E-state index contributed by atoms with van der Waals surface area (Å²) in [4.78, 5) is 33.3. The van der Waals surface area contributed by atoms with Gasteiger partial charge in [0.15, 0.2) is 11.5 Å². The van der Waals surface area contributed by atoms with Crippen molar-refractivity contribution in [3.8, 4) is 11.5 Å². The molecule has 4 heterocycles. The molecule has 3 aromatic carbocycles. The molecule has 7 rings (SSSR count). The number of halogens is 4. The number of aromatic amines is 1. The first kappa shape index (κ1) is 23.0. The van der Waals surface area contributed by atoms with Crippen LogP contribution in [0.2, 0.25) is 5.02 Å². The largest absolute Gasteiger partial charge is 0.454 e. The van der Waals surface area contributed by atoms with Crippen LogP contribution in [0.1, 0.15) is 28.4 Å². The first-order valence-electron chi connectivity index (χ1n) is 11.7. The van der Waals surface area contributed by atoms with Crippen LogP contribution in [0.5, 0.6) is 11.5 Å².